The summed E-state index contributed by atoms with van der Waals surface area (Å²) < 4.78 is 0. The molecule has 39 heavy (non-hydrogen) atoms. The van der Waals surface area contributed by atoms with Crippen molar-refractivity contribution in [3.8, 4) is 24.7 Å². The van der Waals surface area contributed by atoms with Gasteiger partial charge >= 0.3 is 5.97 Å². The highest BCUT2D eigenvalue weighted by Gasteiger charge is 2.23. The lowest BCUT2D eigenvalue weighted by Crippen LogP contribution is -2.35. The maximum atomic E-state index is 13.1. The molecular weight excluding hydrogens is 492 g/mol. The summed E-state index contributed by atoms with van der Waals surface area (Å²) in [5, 5.41) is 14.7. The fraction of sp³-hybridized carbons (Fsp3) is 0.161. The van der Waals surface area contributed by atoms with E-state index in [-0.39, 0.29) is 11.5 Å². The van der Waals surface area contributed by atoms with Crippen LogP contribution in [-0.4, -0.2) is 47.2 Å². The second-order valence-corrected chi connectivity index (χ2v) is 8.97. The molecule has 1 fully saturated rings. The molecular formula is C31H26N4O4. The molecule has 1 saturated heterocycles. The first-order chi connectivity index (χ1) is 18.9. The van der Waals surface area contributed by atoms with Crippen LogP contribution in [0.2, 0.25) is 0 Å². The minimum Gasteiger partial charge on any atom is -0.481 e. The van der Waals surface area contributed by atoms with Gasteiger partial charge in [-0.1, -0.05) is 11.8 Å². The number of aliphatic carboxylic acids is 1. The summed E-state index contributed by atoms with van der Waals surface area (Å²) in [4.78, 5) is 43.5. The molecule has 2 amide bonds. The number of terminal acetylenes is 2. The zero-order valence-electron chi connectivity index (χ0n) is 21.1. The van der Waals surface area contributed by atoms with E-state index in [4.69, 9.17) is 18.0 Å². The summed E-state index contributed by atoms with van der Waals surface area (Å²) in [6.07, 6.45) is 13.8. The van der Waals surface area contributed by atoms with Crippen LogP contribution >= 0.6 is 0 Å². The Hall–Kier alpha value is -5.34. The summed E-state index contributed by atoms with van der Waals surface area (Å²) >= 11 is 0. The van der Waals surface area contributed by atoms with Crippen LogP contribution in [0.4, 0.5) is 17.1 Å². The van der Waals surface area contributed by atoms with Crippen molar-refractivity contribution < 1.29 is 19.5 Å². The Bertz CT molecular complexity index is 1490. The van der Waals surface area contributed by atoms with Gasteiger partial charge in [-0.05, 0) is 79.6 Å². The summed E-state index contributed by atoms with van der Waals surface area (Å²) in [5.41, 5.74) is 3.29. The molecule has 194 valence electrons. The molecule has 0 radical (unpaired) electrons. The van der Waals surface area contributed by atoms with Gasteiger partial charge in [0.15, 0.2) is 0 Å². The molecule has 0 aromatic heterocycles. The van der Waals surface area contributed by atoms with Crippen LogP contribution in [0.15, 0.2) is 71.7 Å². The number of carboxylic acids is 1. The number of carbonyl (C=O) groups is 3. The molecule has 3 N–H and O–H groups in total. The smallest absolute Gasteiger partial charge is 0.306 e. The van der Waals surface area contributed by atoms with Crippen molar-refractivity contribution in [3.63, 3.8) is 0 Å². The van der Waals surface area contributed by atoms with Gasteiger partial charge in [0.1, 0.15) is 0 Å². The first-order valence-electron chi connectivity index (χ1n) is 12.3. The molecule has 0 aliphatic carbocycles. The Morgan fingerprint density at radius 3 is 2.13 bits per heavy atom. The van der Waals surface area contributed by atoms with Crippen molar-refractivity contribution in [3.05, 3.63) is 89.0 Å². The Labute approximate surface area is 226 Å². The summed E-state index contributed by atoms with van der Waals surface area (Å²) in [6.45, 7) is 1.26. The molecule has 0 unspecified atom stereocenters. The molecule has 0 saturated carbocycles. The van der Waals surface area contributed by atoms with Crippen LogP contribution in [-0.2, 0) is 4.79 Å². The quantitative estimate of drug-likeness (QED) is 0.240. The van der Waals surface area contributed by atoms with Gasteiger partial charge in [-0.25, -0.2) is 4.99 Å². The molecule has 8 heteroatoms. The molecule has 0 bridgehead atoms. The van der Waals surface area contributed by atoms with E-state index >= 15 is 0 Å². The number of piperidine rings is 1. The number of rotatable bonds is 7. The Kier molecular flexibility index (Phi) is 8.40. The number of carbonyl (C=O) groups excluding carboxylic acids is 2. The molecule has 1 aliphatic heterocycles. The van der Waals surface area contributed by atoms with E-state index in [9.17, 15) is 14.4 Å². The second kappa shape index (κ2) is 12.3. The Morgan fingerprint density at radius 2 is 1.51 bits per heavy atom. The highest BCUT2D eigenvalue weighted by atomic mass is 16.4. The van der Waals surface area contributed by atoms with E-state index in [1.165, 1.54) is 6.07 Å². The number of hydrogen-bond acceptors (Lipinski definition) is 4. The van der Waals surface area contributed by atoms with Crippen molar-refractivity contribution >= 4 is 41.2 Å². The van der Waals surface area contributed by atoms with Crippen molar-refractivity contribution in [1.82, 2.24) is 4.90 Å². The maximum absolute atomic E-state index is 13.1. The molecule has 8 nitrogen and oxygen atoms in total. The zero-order valence-corrected chi connectivity index (χ0v) is 21.1. The van der Waals surface area contributed by atoms with Crippen molar-refractivity contribution in [2.24, 2.45) is 10.9 Å². The van der Waals surface area contributed by atoms with Crippen LogP contribution < -0.4 is 10.6 Å². The SMILES string of the molecule is C#Cc1ccc(NC(=O)c2cc(C#C)ccc2NC(=O)c2ccc(N=CN3CCC(C(=O)O)CC3)cc2)cc1. The van der Waals surface area contributed by atoms with Gasteiger partial charge in [-0.15, -0.1) is 12.8 Å². The number of nitrogens with zero attached hydrogens (tertiary/aromatic N) is 2. The fourth-order valence-corrected chi connectivity index (χ4v) is 4.08. The summed E-state index contributed by atoms with van der Waals surface area (Å²) in [7, 11) is 0. The third-order valence-corrected chi connectivity index (χ3v) is 6.37. The van der Waals surface area contributed by atoms with Gasteiger partial charge in [0.2, 0.25) is 0 Å². The first-order valence-corrected chi connectivity index (χ1v) is 12.3. The number of nitrogens with one attached hydrogen (secondary N) is 2. The molecule has 1 heterocycles. The number of hydrogen-bond donors (Lipinski definition) is 3. The standard InChI is InChI=1S/C31H26N4O4/c1-3-21-5-10-26(11-6-21)33-30(37)27-19-22(4-2)7-14-28(27)34-29(36)23-8-12-25(13-9-23)32-20-35-17-15-24(16-18-35)31(38)39/h1-2,5-14,19-20,24H,15-18H2,(H,33,37)(H,34,36)(H,38,39). The van der Waals surface area contributed by atoms with E-state index in [1.807, 2.05) is 4.90 Å². The largest absolute Gasteiger partial charge is 0.481 e. The van der Waals surface area contributed by atoms with Crippen molar-refractivity contribution in [2.45, 2.75) is 12.8 Å². The van der Waals surface area contributed by atoms with Gasteiger partial charge < -0.3 is 20.6 Å². The zero-order chi connectivity index (χ0) is 27.8. The molecule has 0 spiro atoms. The molecule has 3 aromatic rings. The van der Waals surface area contributed by atoms with Gasteiger partial charge in [-0.2, -0.15) is 0 Å². The topological polar surface area (TPSA) is 111 Å². The number of aliphatic imine (C=N–C) groups is 1. The van der Waals surface area contributed by atoms with Crippen LogP contribution in [0.25, 0.3) is 0 Å². The van der Waals surface area contributed by atoms with E-state index in [1.54, 1.807) is 67.0 Å². The third-order valence-electron chi connectivity index (χ3n) is 6.37. The molecule has 3 aromatic carbocycles. The van der Waals surface area contributed by atoms with E-state index < -0.39 is 17.8 Å². The Balaban J connectivity index is 1.42. The summed E-state index contributed by atoms with van der Waals surface area (Å²) in [5.74, 6) is 3.13. The van der Waals surface area contributed by atoms with Crippen LogP contribution in [0.5, 0.6) is 0 Å². The second-order valence-electron chi connectivity index (χ2n) is 8.97. The van der Waals surface area contributed by atoms with Gasteiger partial charge in [0.25, 0.3) is 11.8 Å². The van der Waals surface area contributed by atoms with Gasteiger partial charge in [-0.3, -0.25) is 14.4 Å². The first kappa shape index (κ1) is 26.7. The lowest BCUT2D eigenvalue weighted by atomic mass is 9.98. The monoisotopic (exact) mass is 518 g/mol. The average Bonchev–Trinajstić information content (AvgIpc) is 2.97. The van der Waals surface area contributed by atoms with Gasteiger partial charge in [0, 0.05) is 35.5 Å². The van der Waals surface area contributed by atoms with E-state index in [0.717, 1.165) is 0 Å². The Morgan fingerprint density at radius 1 is 0.872 bits per heavy atom. The van der Waals surface area contributed by atoms with Gasteiger partial charge in [0.05, 0.1) is 29.2 Å². The minimum absolute atomic E-state index is 0.215. The number of likely N-dealkylation sites (tertiary alicyclic amines) is 1. The lowest BCUT2D eigenvalue weighted by molar-refractivity contribution is -0.143. The number of benzene rings is 3. The van der Waals surface area contributed by atoms with Crippen LogP contribution in [0, 0.1) is 30.6 Å². The predicted molar refractivity (Wildman–Crippen MR) is 151 cm³/mol. The predicted octanol–water partition coefficient (Wildman–Crippen LogP) is 4.61. The molecule has 0 atom stereocenters. The maximum Gasteiger partial charge on any atom is 0.306 e. The van der Waals surface area contributed by atoms with Crippen molar-refractivity contribution in [1.29, 1.82) is 0 Å². The van der Waals surface area contributed by atoms with Crippen molar-refractivity contribution in [2.75, 3.05) is 23.7 Å². The van der Waals surface area contributed by atoms with Crippen LogP contribution in [0.3, 0.4) is 0 Å². The van der Waals surface area contributed by atoms with E-state index in [0.29, 0.717) is 59.7 Å². The highest BCUT2D eigenvalue weighted by molar-refractivity contribution is 6.12. The third kappa shape index (κ3) is 6.91. The average molecular weight is 519 g/mol. The molecule has 4 rings (SSSR count). The number of anilines is 2. The van der Waals surface area contributed by atoms with Crippen LogP contribution in [0.1, 0.15) is 44.7 Å². The minimum atomic E-state index is -0.754. The number of carboxylic acid groups (broad SMARTS) is 1. The molecule has 1 aliphatic rings. The fourth-order valence-electron chi connectivity index (χ4n) is 4.08. The highest BCUT2D eigenvalue weighted by Crippen LogP contribution is 2.22. The lowest BCUT2D eigenvalue weighted by Gasteiger charge is -2.28. The number of amides is 2. The summed E-state index contributed by atoms with van der Waals surface area (Å²) in [6, 6.07) is 18.3. The normalized spacial score (nSPS) is 13.3. The van der Waals surface area contributed by atoms with E-state index in [2.05, 4.69) is 27.5 Å².